The maximum Gasteiger partial charge on any atom is 0.233 e. The average molecular weight is 482 g/mol. The topological polar surface area (TPSA) is 101 Å². The van der Waals surface area contributed by atoms with Crippen LogP contribution in [0.4, 0.5) is 0 Å². The van der Waals surface area contributed by atoms with Gasteiger partial charge in [0.05, 0.1) is 24.0 Å². The number of imide groups is 1. The van der Waals surface area contributed by atoms with E-state index < -0.39 is 23.7 Å². The van der Waals surface area contributed by atoms with Crippen LogP contribution in [0.5, 0.6) is 11.5 Å². The number of halogens is 1. The van der Waals surface area contributed by atoms with E-state index in [1.54, 1.807) is 26.0 Å². The highest BCUT2D eigenvalue weighted by atomic mass is 35.5. The average Bonchev–Trinajstić information content (AvgIpc) is 3.07. The minimum Gasteiger partial charge on any atom is -0.503 e. The highest BCUT2D eigenvalue weighted by Crippen LogP contribution is 2.55. The smallest absolute Gasteiger partial charge is 0.233 e. The molecule has 3 aliphatic carbocycles. The lowest BCUT2D eigenvalue weighted by Gasteiger charge is -2.42. The first-order valence-corrected chi connectivity index (χ1v) is 11.7. The Hall–Kier alpha value is -3.19. The summed E-state index contributed by atoms with van der Waals surface area (Å²) in [5.74, 6) is -3.03. The molecule has 4 atom stereocenters. The lowest BCUT2D eigenvalue weighted by atomic mass is 9.59. The maximum absolute atomic E-state index is 13.3. The summed E-state index contributed by atoms with van der Waals surface area (Å²) in [6.07, 6.45) is 3.91. The minimum atomic E-state index is -0.638. The van der Waals surface area contributed by atoms with Crippen LogP contribution in [0.3, 0.4) is 0 Å². The number of rotatable bonds is 3. The Morgan fingerprint density at radius 1 is 1.15 bits per heavy atom. The molecule has 1 N–H and O–H groups in total. The van der Waals surface area contributed by atoms with Crippen molar-refractivity contribution in [3.05, 3.63) is 57.2 Å². The highest BCUT2D eigenvalue weighted by molar-refractivity contribution is 6.32. The Morgan fingerprint density at radius 3 is 2.56 bits per heavy atom. The van der Waals surface area contributed by atoms with Gasteiger partial charge in [0.15, 0.2) is 23.1 Å². The van der Waals surface area contributed by atoms with E-state index >= 15 is 0 Å². The van der Waals surface area contributed by atoms with Crippen LogP contribution in [-0.2, 0) is 19.2 Å². The van der Waals surface area contributed by atoms with Crippen molar-refractivity contribution < 1.29 is 29.0 Å². The quantitative estimate of drug-likeness (QED) is 0.403. The van der Waals surface area contributed by atoms with E-state index in [4.69, 9.17) is 16.3 Å². The van der Waals surface area contributed by atoms with E-state index in [2.05, 4.69) is 0 Å². The Morgan fingerprint density at radius 2 is 1.88 bits per heavy atom. The third kappa shape index (κ3) is 3.03. The number of benzene rings is 1. The Labute approximate surface area is 201 Å². The Balaban J connectivity index is 1.73. The Kier molecular flexibility index (Phi) is 5.28. The first kappa shape index (κ1) is 22.6. The van der Waals surface area contributed by atoms with Gasteiger partial charge in [-0.1, -0.05) is 23.3 Å². The SMILES string of the molecule is CCN1C(=O)[C@H]2[C@H](CC=C3[C@H](c4cc(Cl)c(O)c(OC)c4)C4=C(C[C@H]32)C(=O)C(C)=CC4=O)C1=O. The number of phenols is 1. The first-order valence-electron chi connectivity index (χ1n) is 11.3. The van der Waals surface area contributed by atoms with Crippen molar-refractivity contribution in [1.29, 1.82) is 0 Å². The van der Waals surface area contributed by atoms with Gasteiger partial charge in [0.25, 0.3) is 0 Å². The van der Waals surface area contributed by atoms with Crippen LogP contribution in [0.1, 0.15) is 38.2 Å². The molecule has 7 nitrogen and oxygen atoms in total. The van der Waals surface area contributed by atoms with Gasteiger partial charge >= 0.3 is 0 Å². The van der Waals surface area contributed by atoms with Crippen LogP contribution in [0, 0.1) is 17.8 Å². The van der Waals surface area contributed by atoms with Crippen LogP contribution < -0.4 is 4.74 Å². The van der Waals surface area contributed by atoms with Gasteiger partial charge in [-0.15, -0.1) is 0 Å². The third-order valence-electron chi connectivity index (χ3n) is 7.57. The summed E-state index contributed by atoms with van der Waals surface area (Å²) in [4.78, 5) is 53.9. The number of hydrogen-bond donors (Lipinski definition) is 1. The zero-order valence-electron chi connectivity index (χ0n) is 19.1. The monoisotopic (exact) mass is 481 g/mol. The molecule has 0 spiro atoms. The van der Waals surface area contributed by atoms with Crippen molar-refractivity contribution in [2.75, 3.05) is 13.7 Å². The normalized spacial score (nSPS) is 28.4. The summed E-state index contributed by atoms with van der Waals surface area (Å²) < 4.78 is 5.28. The van der Waals surface area contributed by atoms with Gasteiger partial charge < -0.3 is 9.84 Å². The van der Waals surface area contributed by atoms with Gasteiger partial charge in [-0.2, -0.15) is 0 Å². The zero-order chi connectivity index (χ0) is 24.5. The fourth-order valence-electron chi connectivity index (χ4n) is 6.05. The third-order valence-corrected chi connectivity index (χ3v) is 7.86. The molecule has 4 aliphatic rings. The van der Waals surface area contributed by atoms with Crippen LogP contribution in [0.25, 0.3) is 0 Å². The largest absolute Gasteiger partial charge is 0.503 e. The number of ketones is 2. The molecule has 0 bridgehead atoms. The van der Waals surface area contributed by atoms with E-state index in [1.165, 1.54) is 18.1 Å². The van der Waals surface area contributed by atoms with Gasteiger partial charge in [0, 0.05) is 29.2 Å². The summed E-state index contributed by atoms with van der Waals surface area (Å²) >= 11 is 6.29. The van der Waals surface area contributed by atoms with Crippen molar-refractivity contribution in [2.24, 2.45) is 17.8 Å². The zero-order valence-corrected chi connectivity index (χ0v) is 19.8. The fraction of sp³-hybridized carbons (Fsp3) is 0.385. The fourth-order valence-corrected chi connectivity index (χ4v) is 6.27. The number of amides is 2. The molecule has 0 radical (unpaired) electrons. The summed E-state index contributed by atoms with van der Waals surface area (Å²) in [7, 11) is 1.40. The van der Waals surface area contributed by atoms with Crippen LogP contribution in [0.2, 0.25) is 5.02 Å². The Bertz CT molecular complexity index is 1270. The van der Waals surface area contributed by atoms with E-state index in [9.17, 15) is 24.3 Å². The standard InChI is InChI=1S/C26H24ClNO6/c1-4-28-25(32)14-6-5-13-15(21(14)26(28)33)10-16-22(18(29)7-11(2)23(16)30)20(13)12-8-17(27)24(31)19(9-12)34-3/h5,7-9,14-15,20-21,31H,4,6,10H2,1-3H3/t14-,15+,20-,21-/m0/s1. The molecular weight excluding hydrogens is 458 g/mol. The van der Waals surface area contributed by atoms with Crippen LogP contribution >= 0.6 is 11.6 Å². The lowest BCUT2D eigenvalue weighted by Crippen LogP contribution is -2.39. The number of nitrogens with zero attached hydrogens (tertiary/aromatic N) is 1. The van der Waals surface area contributed by atoms with Gasteiger partial charge in [-0.25, -0.2) is 0 Å². The molecule has 1 saturated heterocycles. The summed E-state index contributed by atoms with van der Waals surface area (Å²) in [6, 6.07) is 3.17. The summed E-state index contributed by atoms with van der Waals surface area (Å²) in [6.45, 7) is 3.68. The molecule has 8 heteroatoms. The molecule has 34 heavy (non-hydrogen) atoms. The van der Waals surface area contributed by atoms with E-state index in [-0.39, 0.29) is 46.3 Å². The molecule has 176 valence electrons. The van der Waals surface area contributed by atoms with Gasteiger partial charge in [0.1, 0.15) is 0 Å². The minimum absolute atomic E-state index is 0.0542. The van der Waals surface area contributed by atoms with E-state index in [0.29, 0.717) is 35.2 Å². The van der Waals surface area contributed by atoms with Crippen molar-refractivity contribution in [3.63, 3.8) is 0 Å². The molecule has 0 aromatic heterocycles. The van der Waals surface area contributed by atoms with Crippen molar-refractivity contribution >= 4 is 35.0 Å². The molecule has 1 heterocycles. The second-order valence-electron chi connectivity index (χ2n) is 9.20. The van der Waals surface area contributed by atoms with Crippen molar-refractivity contribution in [2.45, 2.75) is 32.6 Å². The summed E-state index contributed by atoms with van der Waals surface area (Å²) in [5, 5.41) is 10.3. The molecule has 1 aliphatic heterocycles. The van der Waals surface area contributed by atoms with Gasteiger partial charge in [0.2, 0.25) is 11.8 Å². The van der Waals surface area contributed by atoms with Crippen LogP contribution in [0.15, 0.2) is 46.6 Å². The first-order chi connectivity index (χ1) is 16.2. The summed E-state index contributed by atoms with van der Waals surface area (Å²) in [5.41, 5.74) is 2.52. The number of Topliss-reactive ketones (excluding diaryl/α,β-unsaturated/α-hetero) is 1. The number of carbonyl (C=O) groups is 4. The molecule has 5 rings (SSSR count). The second kappa shape index (κ2) is 7.94. The second-order valence-corrected chi connectivity index (χ2v) is 9.61. The number of hydrogen-bond acceptors (Lipinski definition) is 6. The number of carbonyl (C=O) groups excluding carboxylic acids is 4. The number of likely N-dealkylation sites (tertiary alicyclic amines) is 1. The van der Waals surface area contributed by atoms with Gasteiger partial charge in [-0.3, -0.25) is 24.1 Å². The lowest BCUT2D eigenvalue weighted by molar-refractivity contribution is -0.139. The van der Waals surface area contributed by atoms with Crippen molar-refractivity contribution in [1.82, 2.24) is 4.90 Å². The number of phenolic OH excluding ortho intramolecular Hbond substituents is 1. The van der Waals surface area contributed by atoms with E-state index in [1.807, 2.05) is 6.08 Å². The van der Waals surface area contributed by atoms with Crippen LogP contribution in [-0.4, -0.2) is 47.0 Å². The molecule has 0 unspecified atom stereocenters. The maximum atomic E-state index is 13.3. The predicted molar refractivity (Wildman–Crippen MR) is 123 cm³/mol. The number of ether oxygens (including phenoxy) is 1. The number of allylic oxidation sites excluding steroid dienone is 6. The highest BCUT2D eigenvalue weighted by Gasteiger charge is 2.55. The molecule has 1 fully saturated rings. The molecular formula is C26H24ClNO6. The molecule has 0 saturated carbocycles. The molecule has 1 aromatic rings. The number of methoxy groups -OCH3 is 1. The molecule has 1 aromatic carbocycles. The van der Waals surface area contributed by atoms with Crippen molar-refractivity contribution in [3.8, 4) is 11.5 Å². The number of aromatic hydroxyl groups is 1. The molecule has 2 amide bonds. The predicted octanol–water partition coefficient (Wildman–Crippen LogP) is 3.50. The van der Waals surface area contributed by atoms with Gasteiger partial charge in [-0.05, 0) is 56.4 Å². The number of fused-ring (bicyclic) bond motifs is 3. The van der Waals surface area contributed by atoms with E-state index in [0.717, 1.165) is 5.57 Å².